The fourth-order valence-corrected chi connectivity index (χ4v) is 5.33. The second kappa shape index (κ2) is 6.84. The van der Waals surface area contributed by atoms with Crippen molar-refractivity contribution < 1.29 is 31.8 Å². The lowest BCUT2D eigenvalue weighted by Gasteiger charge is -2.46. The maximum absolute atomic E-state index is 11.3. The van der Waals surface area contributed by atoms with Crippen LogP contribution >= 0.6 is 0 Å². The molecular weight excluding hydrogens is 374 g/mol. The minimum absolute atomic E-state index is 0.00829. The highest BCUT2D eigenvalue weighted by Crippen LogP contribution is 2.69. The van der Waals surface area contributed by atoms with E-state index < -0.39 is 21.9 Å². The number of carbonyl (C=O) groups excluding carboxylic acids is 3. The molecule has 3 aliphatic rings. The lowest BCUT2D eigenvalue weighted by atomic mass is 9.66. The van der Waals surface area contributed by atoms with E-state index in [1.165, 1.54) is 26.2 Å². The summed E-state index contributed by atoms with van der Waals surface area (Å²) in [5.41, 5.74) is 0.303. The molecule has 9 heteroatoms. The first kappa shape index (κ1) is 21.8. The fourth-order valence-electron chi connectivity index (χ4n) is 4.90. The number of rotatable bonds is 3. The van der Waals surface area contributed by atoms with Gasteiger partial charge in [0.15, 0.2) is 0 Å². The van der Waals surface area contributed by atoms with Gasteiger partial charge in [-0.05, 0) is 31.6 Å². The van der Waals surface area contributed by atoms with Gasteiger partial charge in [-0.3, -0.25) is 14.4 Å². The van der Waals surface area contributed by atoms with E-state index in [0.717, 1.165) is 6.26 Å². The largest absolute Gasteiger partial charge is 0.459 e. The van der Waals surface area contributed by atoms with Crippen molar-refractivity contribution in [3.63, 3.8) is 0 Å². The lowest BCUT2D eigenvalue weighted by molar-refractivity contribution is -0.178. The predicted octanol–water partition coefficient (Wildman–Crippen LogP) is 2.18. The minimum atomic E-state index is -3.79. The van der Waals surface area contributed by atoms with Gasteiger partial charge in [-0.1, -0.05) is 20.8 Å². The molecule has 0 aromatic carbocycles. The Balaban J connectivity index is 0.000000199. The highest BCUT2D eigenvalue weighted by molar-refractivity contribution is 7.85. The molecule has 1 aliphatic heterocycles. The number of hydrogen-bond acceptors (Lipinski definition) is 7. The molecular formula is C18H29NO7S. The summed E-state index contributed by atoms with van der Waals surface area (Å²) in [6.45, 7) is 10.5. The summed E-state index contributed by atoms with van der Waals surface area (Å²) in [6, 6.07) is 0. The van der Waals surface area contributed by atoms with Gasteiger partial charge in [0.25, 0.3) is 21.9 Å². The Bertz CT molecular complexity index is 748. The Hall–Kier alpha value is -1.48. The Kier molecular flexibility index (Phi) is 5.53. The van der Waals surface area contributed by atoms with Crippen molar-refractivity contribution in [3.8, 4) is 0 Å². The number of carbonyl (C=O) groups is 3. The van der Waals surface area contributed by atoms with Crippen molar-refractivity contribution in [2.24, 2.45) is 16.7 Å². The molecule has 3 rings (SSSR count). The number of ether oxygens (including phenoxy) is 1. The summed E-state index contributed by atoms with van der Waals surface area (Å²) in [6.07, 6.45) is 4.46. The number of hydrogen-bond donors (Lipinski definition) is 0. The third kappa shape index (κ3) is 4.03. The molecule has 154 valence electrons. The monoisotopic (exact) mass is 403 g/mol. The van der Waals surface area contributed by atoms with Gasteiger partial charge in [0, 0.05) is 31.1 Å². The maximum Gasteiger partial charge on any atom is 0.303 e. The number of fused-ring (bicyclic) bond motifs is 2. The molecule has 1 saturated heterocycles. The van der Waals surface area contributed by atoms with Crippen molar-refractivity contribution in [2.45, 2.75) is 72.3 Å². The molecule has 27 heavy (non-hydrogen) atoms. The van der Waals surface area contributed by atoms with Crippen molar-refractivity contribution >= 4 is 27.9 Å². The molecule has 2 bridgehead atoms. The zero-order chi connectivity index (χ0) is 20.8. The molecule has 4 atom stereocenters. The molecule has 8 nitrogen and oxygen atoms in total. The molecule has 0 spiro atoms. The third-order valence-corrected chi connectivity index (χ3v) is 7.10. The number of amides is 2. The minimum Gasteiger partial charge on any atom is -0.459 e. The highest BCUT2D eigenvalue weighted by Gasteiger charge is 2.67. The van der Waals surface area contributed by atoms with Crippen molar-refractivity contribution in [2.75, 3.05) is 6.26 Å². The van der Waals surface area contributed by atoms with Crippen molar-refractivity contribution in [1.29, 1.82) is 0 Å². The smallest absolute Gasteiger partial charge is 0.303 e. The van der Waals surface area contributed by atoms with Crippen molar-refractivity contribution in [1.82, 2.24) is 5.06 Å². The molecule has 1 heterocycles. The third-order valence-electron chi connectivity index (χ3n) is 6.68. The van der Waals surface area contributed by atoms with Crippen LogP contribution in [-0.2, 0) is 33.5 Å². The van der Waals surface area contributed by atoms with E-state index in [2.05, 4.69) is 32.0 Å². The summed E-state index contributed by atoms with van der Waals surface area (Å²) in [5.74, 6) is -0.912. The first-order chi connectivity index (χ1) is 12.1. The van der Waals surface area contributed by atoms with Crippen LogP contribution < -0.4 is 0 Å². The molecule has 2 saturated carbocycles. The zero-order valence-corrected chi connectivity index (χ0v) is 17.6. The van der Waals surface area contributed by atoms with Crippen LogP contribution in [-0.4, -0.2) is 43.1 Å². The predicted molar refractivity (Wildman–Crippen MR) is 96.4 cm³/mol. The Labute approximate surface area is 160 Å². The van der Waals surface area contributed by atoms with Crippen LogP contribution in [0.4, 0.5) is 0 Å². The van der Waals surface area contributed by atoms with Crippen LogP contribution in [0.25, 0.3) is 0 Å². The number of esters is 1. The summed E-state index contributed by atoms with van der Waals surface area (Å²) in [5, 5.41) is 0.287. The summed E-state index contributed by atoms with van der Waals surface area (Å²) < 4.78 is 30.8. The van der Waals surface area contributed by atoms with Gasteiger partial charge in [-0.15, -0.1) is 9.35 Å². The van der Waals surface area contributed by atoms with E-state index in [1.807, 2.05) is 0 Å². The molecule has 0 aromatic rings. The lowest BCUT2D eigenvalue weighted by Crippen LogP contribution is -2.50. The second-order valence-electron chi connectivity index (χ2n) is 8.67. The van der Waals surface area contributed by atoms with Gasteiger partial charge in [-0.2, -0.15) is 8.42 Å². The zero-order valence-electron chi connectivity index (χ0n) is 16.8. The fraction of sp³-hybridized carbons (Fsp3) is 0.833. The molecule has 4 unspecified atom stereocenters. The van der Waals surface area contributed by atoms with E-state index in [-0.39, 0.29) is 34.9 Å². The van der Waals surface area contributed by atoms with Crippen LogP contribution in [0.3, 0.4) is 0 Å². The van der Waals surface area contributed by atoms with Gasteiger partial charge < -0.3 is 4.74 Å². The Morgan fingerprint density at radius 3 is 2.00 bits per heavy atom. The topological polar surface area (TPSA) is 107 Å². The second-order valence-corrected chi connectivity index (χ2v) is 10.2. The molecule has 0 aromatic heterocycles. The van der Waals surface area contributed by atoms with E-state index in [0.29, 0.717) is 11.3 Å². The van der Waals surface area contributed by atoms with E-state index in [4.69, 9.17) is 4.74 Å². The van der Waals surface area contributed by atoms with Crippen LogP contribution in [0.1, 0.15) is 66.7 Å². The Morgan fingerprint density at radius 2 is 1.63 bits per heavy atom. The van der Waals surface area contributed by atoms with E-state index in [9.17, 15) is 22.8 Å². The number of nitrogens with zero attached hydrogens (tertiary/aromatic N) is 1. The number of imide groups is 1. The van der Waals surface area contributed by atoms with Crippen molar-refractivity contribution in [3.05, 3.63) is 0 Å². The van der Waals surface area contributed by atoms with Gasteiger partial charge in [0.2, 0.25) is 0 Å². The average molecular weight is 403 g/mol. The molecule has 2 amide bonds. The van der Waals surface area contributed by atoms with E-state index in [1.54, 1.807) is 0 Å². The van der Waals surface area contributed by atoms with Gasteiger partial charge in [0.05, 0.1) is 6.26 Å². The standard InChI is InChI=1S/C13H22O2.C5H7NO5S/c1-9-11(3)6-7-12(4,8-11)13(9,5)15-10(2)14;1-12(9,10)11-6-4(7)2-3-5(6)8/h9H,6-8H2,1-5H3;2-3H2,1H3. The molecule has 0 radical (unpaired) electrons. The van der Waals surface area contributed by atoms with Crippen LogP contribution in [0.2, 0.25) is 0 Å². The molecule has 0 N–H and O–H groups in total. The summed E-state index contributed by atoms with van der Waals surface area (Å²) in [4.78, 5) is 32.8. The maximum atomic E-state index is 11.3. The Morgan fingerprint density at radius 1 is 1.11 bits per heavy atom. The van der Waals surface area contributed by atoms with Crippen LogP contribution in [0.5, 0.6) is 0 Å². The number of hydroxylamine groups is 2. The van der Waals surface area contributed by atoms with Gasteiger partial charge in [-0.25, -0.2) is 0 Å². The SMILES string of the molecule is CC(=O)OC1(C)C(C)C2(C)CCC1(C)C2.CS(=O)(=O)ON1C(=O)CCC1=O. The first-order valence-electron chi connectivity index (χ1n) is 9.08. The average Bonchev–Trinajstić information content (AvgIpc) is 3.04. The van der Waals surface area contributed by atoms with E-state index >= 15 is 0 Å². The summed E-state index contributed by atoms with van der Waals surface area (Å²) in [7, 11) is -3.79. The molecule has 2 aliphatic carbocycles. The van der Waals surface area contributed by atoms with Gasteiger partial charge in [0.1, 0.15) is 5.60 Å². The highest BCUT2D eigenvalue weighted by atomic mass is 32.2. The normalized spacial score (nSPS) is 38.0. The molecule has 3 fully saturated rings. The quantitative estimate of drug-likeness (QED) is 0.525. The van der Waals surface area contributed by atoms with Crippen LogP contribution in [0, 0.1) is 16.7 Å². The van der Waals surface area contributed by atoms with Gasteiger partial charge >= 0.3 is 5.97 Å². The summed E-state index contributed by atoms with van der Waals surface area (Å²) >= 11 is 0. The van der Waals surface area contributed by atoms with Crippen LogP contribution in [0.15, 0.2) is 0 Å². The first-order valence-corrected chi connectivity index (χ1v) is 10.9.